The Hall–Kier alpha value is -2.22. The second-order valence-electron chi connectivity index (χ2n) is 8.82. The van der Waals surface area contributed by atoms with Crippen LogP contribution in [-0.2, 0) is 16.8 Å². The summed E-state index contributed by atoms with van der Waals surface area (Å²) in [5, 5.41) is 11.4. The van der Waals surface area contributed by atoms with Gasteiger partial charge in [-0.15, -0.1) is 10.2 Å². The molecule has 29 heavy (non-hydrogen) atoms. The number of hydrogen-bond donors (Lipinski definition) is 2. The number of nitrogens with zero attached hydrogens (tertiary/aromatic N) is 3. The van der Waals surface area contributed by atoms with Gasteiger partial charge in [-0.3, -0.25) is 4.79 Å². The Labute approximate surface area is 177 Å². The molecule has 0 spiro atoms. The summed E-state index contributed by atoms with van der Waals surface area (Å²) in [7, 11) is 0. The van der Waals surface area contributed by atoms with Crippen LogP contribution in [0.25, 0.3) is 0 Å². The van der Waals surface area contributed by atoms with E-state index in [1.807, 2.05) is 39.8 Å². The summed E-state index contributed by atoms with van der Waals surface area (Å²) in [6.45, 7) is 14.6. The molecule has 0 saturated carbocycles. The first-order chi connectivity index (χ1) is 13.4. The van der Waals surface area contributed by atoms with E-state index < -0.39 is 0 Å². The number of nitrogens with one attached hydrogen (secondary N) is 1. The van der Waals surface area contributed by atoms with E-state index in [1.165, 1.54) is 22.0 Å². The number of carbonyl (C=O) groups is 1. The Kier molecular flexibility index (Phi) is 7.21. The van der Waals surface area contributed by atoms with Crippen molar-refractivity contribution in [3.63, 3.8) is 0 Å². The molecule has 1 atom stereocenters. The average molecular weight is 420 g/mol. The lowest BCUT2D eigenvalue weighted by Gasteiger charge is -2.26. The molecule has 1 unspecified atom stereocenters. The third-order valence-corrected chi connectivity index (χ3v) is 5.88. The number of benzene rings is 1. The highest BCUT2D eigenvalue weighted by Gasteiger charge is 2.24. The van der Waals surface area contributed by atoms with Crippen LogP contribution in [0.2, 0.25) is 0 Å². The van der Waals surface area contributed by atoms with Crippen molar-refractivity contribution in [1.82, 2.24) is 20.2 Å². The quantitative estimate of drug-likeness (QED) is 0.501. The molecule has 0 saturated heterocycles. The zero-order valence-corrected chi connectivity index (χ0v) is 19.3. The Balaban J connectivity index is 1.96. The predicted molar refractivity (Wildman–Crippen MR) is 117 cm³/mol. The molecule has 7 nitrogen and oxygen atoms in total. The van der Waals surface area contributed by atoms with Crippen LogP contribution in [0.15, 0.2) is 29.4 Å². The fraction of sp³-hybridized carbons (Fsp3) is 0.571. The standard InChI is InChI=1S/C21H33N5O2S/c1-8-21(6,7)23-18(27)14(2)29-19-25-24-17(26(19)22)13-28-16-11-9-15(10-12-16)20(3,4)5/h9-12,14H,8,13,22H2,1-7H3,(H,23,27). The topological polar surface area (TPSA) is 95.1 Å². The van der Waals surface area contributed by atoms with Crippen molar-refractivity contribution in [3.8, 4) is 5.75 Å². The van der Waals surface area contributed by atoms with Gasteiger partial charge in [0.2, 0.25) is 11.1 Å². The zero-order chi connectivity index (χ0) is 21.8. The van der Waals surface area contributed by atoms with Gasteiger partial charge in [0.1, 0.15) is 12.4 Å². The first-order valence-electron chi connectivity index (χ1n) is 9.84. The Morgan fingerprint density at radius 3 is 2.38 bits per heavy atom. The number of thioether (sulfide) groups is 1. The Bertz CT molecular complexity index is 825. The van der Waals surface area contributed by atoms with E-state index in [2.05, 4.69) is 48.4 Å². The van der Waals surface area contributed by atoms with Crippen LogP contribution < -0.4 is 15.9 Å². The number of amides is 1. The fourth-order valence-electron chi connectivity index (χ4n) is 2.42. The normalized spacial score (nSPS) is 13.2. The van der Waals surface area contributed by atoms with Gasteiger partial charge in [0.25, 0.3) is 0 Å². The monoisotopic (exact) mass is 419 g/mol. The maximum absolute atomic E-state index is 12.4. The van der Waals surface area contributed by atoms with Crippen LogP contribution in [0, 0.1) is 0 Å². The minimum atomic E-state index is -0.342. The minimum Gasteiger partial charge on any atom is -0.486 e. The third-order valence-electron chi connectivity index (χ3n) is 4.82. The summed E-state index contributed by atoms with van der Waals surface area (Å²) in [4.78, 5) is 12.4. The maximum Gasteiger partial charge on any atom is 0.233 e. The van der Waals surface area contributed by atoms with Gasteiger partial charge in [-0.25, -0.2) is 4.68 Å². The SMILES string of the molecule is CCC(C)(C)NC(=O)C(C)Sc1nnc(COc2ccc(C(C)(C)C)cc2)n1N. The van der Waals surface area contributed by atoms with Crippen LogP contribution in [0.4, 0.5) is 0 Å². The smallest absolute Gasteiger partial charge is 0.233 e. The molecule has 0 fully saturated rings. The van der Waals surface area contributed by atoms with E-state index in [0.29, 0.717) is 11.0 Å². The van der Waals surface area contributed by atoms with Gasteiger partial charge in [0, 0.05) is 5.54 Å². The van der Waals surface area contributed by atoms with Crippen LogP contribution in [-0.4, -0.2) is 31.6 Å². The summed E-state index contributed by atoms with van der Waals surface area (Å²) in [5.74, 6) is 7.29. The van der Waals surface area contributed by atoms with Gasteiger partial charge in [0.05, 0.1) is 5.25 Å². The molecule has 3 N–H and O–H groups in total. The lowest BCUT2D eigenvalue weighted by molar-refractivity contribution is -0.121. The van der Waals surface area contributed by atoms with E-state index in [9.17, 15) is 4.79 Å². The Morgan fingerprint density at radius 2 is 1.83 bits per heavy atom. The molecule has 1 amide bonds. The fourth-order valence-corrected chi connectivity index (χ4v) is 3.21. The lowest BCUT2D eigenvalue weighted by atomic mass is 9.87. The number of nitrogen functional groups attached to an aromatic ring is 1. The molecule has 1 aromatic carbocycles. The first kappa shape index (κ1) is 23.1. The van der Waals surface area contributed by atoms with Gasteiger partial charge >= 0.3 is 0 Å². The molecule has 0 bridgehead atoms. The van der Waals surface area contributed by atoms with Crippen molar-refractivity contribution in [2.24, 2.45) is 0 Å². The molecule has 0 aliphatic rings. The minimum absolute atomic E-state index is 0.0541. The maximum atomic E-state index is 12.4. The third kappa shape index (κ3) is 6.39. The van der Waals surface area contributed by atoms with Gasteiger partial charge in [-0.1, -0.05) is 51.6 Å². The number of aromatic nitrogens is 3. The van der Waals surface area contributed by atoms with Crippen molar-refractivity contribution in [3.05, 3.63) is 35.7 Å². The molecule has 2 aromatic rings. The van der Waals surface area contributed by atoms with E-state index >= 15 is 0 Å². The van der Waals surface area contributed by atoms with Crippen LogP contribution in [0.5, 0.6) is 5.75 Å². The summed E-state index contributed by atoms with van der Waals surface area (Å²) < 4.78 is 7.17. The van der Waals surface area contributed by atoms with Gasteiger partial charge in [-0.2, -0.15) is 0 Å². The first-order valence-corrected chi connectivity index (χ1v) is 10.7. The highest BCUT2D eigenvalue weighted by Crippen LogP contribution is 2.25. The van der Waals surface area contributed by atoms with E-state index in [4.69, 9.17) is 10.6 Å². The second-order valence-corrected chi connectivity index (χ2v) is 10.1. The highest BCUT2D eigenvalue weighted by molar-refractivity contribution is 8.00. The molecule has 1 heterocycles. The molecular formula is C21H33N5O2S. The van der Waals surface area contributed by atoms with Gasteiger partial charge in [0.15, 0.2) is 5.82 Å². The summed E-state index contributed by atoms with van der Waals surface area (Å²) in [6, 6.07) is 7.99. The Morgan fingerprint density at radius 1 is 1.21 bits per heavy atom. The van der Waals surface area contributed by atoms with Crippen molar-refractivity contribution < 1.29 is 9.53 Å². The number of nitrogens with two attached hydrogens (primary N) is 1. The van der Waals surface area contributed by atoms with Crippen LogP contribution >= 0.6 is 11.8 Å². The molecule has 2 rings (SSSR count). The van der Waals surface area contributed by atoms with Crippen molar-refractivity contribution >= 4 is 17.7 Å². The number of ether oxygens (including phenoxy) is 1. The van der Waals surface area contributed by atoms with Gasteiger partial charge in [-0.05, 0) is 50.3 Å². The van der Waals surface area contributed by atoms with Crippen LogP contribution in [0.1, 0.15) is 66.3 Å². The van der Waals surface area contributed by atoms with Crippen molar-refractivity contribution in [1.29, 1.82) is 0 Å². The van der Waals surface area contributed by atoms with Crippen molar-refractivity contribution in [2.45, 2.75) is 82.9 Å². The number of carbonyl (C=O) groups excluding carboxylic acids is 1. The van der Waals surface area contributed by atoms with E-state index in [0.717, 1.165) is 12.2 Å². The molecule has 0 aliphatic carbocycles. The molecular weight excluding hydrogens is 386 g/mol. The average Bonchev–Trinajstić information content (AvgIpc) is 2.99. The zero-order valence-electron chi connectivity index (χ0n) is 18.4. The molecule has 1 aromatic heterocycles. The van der Waals surface area contributed by atoms with E-state index in [1.54, 1.807) is 0 Å². The van der Waals surface area contributed by atoms with E-state index in [-0.39, 0.29) is 28.7 Å². The molecule has 160 valence electrons. The molecule has 0 aliphatic heterocycles. The number of rotatable bonds is 8. The molecule has 8 heteroatoms. The summed E-state index contributed by atoms with van der Waals surface area (Å²) in [6.07, 6.45) is 0.849. The summed E-state index contributed by atoms with van der Waals surface area (Å²) >= 11 is 1.27. The number of hydrogen-bond acceptors (Lipinski definition) is 6. The highest BCUT2D eigenvalue weighted by atomic mass is 32.2. The van der Waals surface area contributed by atoms with Crippen molar-refractivity contribution in [2.75, 3.05) is 5.84 Å². The lowest BCUT2D eigenvalue weighted by Crippen LogP contribution is -2.46. The second kappa shape index (κ2) is 9.07. The largest absolute Gasteiger partial charge is 0.486 e. The van der Waals surface area contributed by atoms with Gasteiger partial charge < -0.3 is 15.9 Å². The van der Waals surface area contributed by atoms with Crippen LogP contribution in [0.3, 0.4) is 0 Å². The summed E-state index contributed by atoms with van der Waals surface area (Å²) in [5.41, 5.74) is 1.09. The molecule has 0 radical (unpaired) electrons. The predicted octanol–water partition coefficient (Wildman–Crippen LogP) is 3.65.